The first-order valence-corrected chi connectivity index (χ1v) is 14.0. The molecule has 0 bridgehead atoms. The number of rotatable bonds is 12. The Morgan fingerprint density at radius 1 is 0.488 bits per heavy atom. The summed E-state index contributed by atoms with van der Waals surface area (Å²) in [7, 11) is 11.5. The minimum atomic E-state index is -0.376. The van der Waals surface area contributed by atoms with Gasteiger partial charge in [-0.1, -0.05) is 12.1 Å². The first-order valence-electron chi connectivity index (χ1n) is 14.0. The number of fused-ring (bicyclic) bond motifs is 1. The number of aryl methyl sites for hydroxylation is 2. The molecule has 1 aliphatic rings. The molecule has 0 aliphatic carbocycles. The topological polar surface area (TPSA) is 73.8 Å². The van der Waals surface area contributed by atoms with Gasteiger partial charge in [0.15, 0.2) is 23.0 Å². The molecule has 2 atom stereocenters. The lowest BCUT2D eigenvalue weighted by Gasteiger charge is -2.22. The van der Waals surface area contributed by atoms with Gasteiger partial charge in [-0.05, 0) is 77.6 Å². The molecule has 5 rings (SSSR count). The summed E-state index contributed by atoms with van der Waals surface area (Å²) in [5, 5.41) is 0. The molecule has 1 aliphatic heterocycles. The molecule has 0 saturated carbocycles. The largest absolute Gasteiger partial charge is 0.497 e. The quantitative estimate of drug-likeness (QED) is 0.180. The van der Waals surface area contributed by atoms with Gasteiger partial charge >= 0.3 is 0 Å². The van der Waals surface area contributed by atoms with Crippen LogP contribution in [0.15, 0.2) is 66.7 Å². The van der Waals surface area contributed by atoms with Crippen LogP contribution >= 0.6 is 0 Å². The predicted octanol–water partition coefficient (Wildman–Crippen LogP) is 6.80. The molecule has 8 nitrogen and oxygen atoms in total. The maximum Gasteiger partial charge on any atom is 0.166 e. The molecule has 43 heavy (non-hydrogen) atoms. The van der Waals surface area contributed by atoms with Crippen molar-refractivity contribution in [3.8, 4) is 46.0 Å². The molecule has 4 aromatic rings. The van der Waals surface area contributed by atoms with Crippen molar-refractivity contribution in [2.45, 2.75) is 24.9 Å². The van der Waals surface area contributed by atoms with Crippen LogP contribution in [0, 0.1) is 0 Å². The molecule has 226 valence electrons. The summed E-state index contributed by atoms with van der Waals surface area (Å²) in [5.74, 6) is 5.40. The summed E-state index contributed by atoms with van der Waals surface area (Å²) in [5.41, 5.74) is 5.19. The van der Waals surface area contributed by atoms with E-state index in [0.29, 0.717) is 34.5 Å². The monoisotopic (exact) mass is 586 g/mol. The standard InChI is InChI=1S/C35H38O8/c1-36-25-12-21(13-26(19-25)37-2)8-9-22-14-29-33(24-16-27(38-3)20-28(17-24)39-4)34(43-35(29)32(15-22)42-7)23-10-11-30(40-5)31(18-23)41-6/h10-20,33-34H,8-9H2,1-7H3. The zero-order valence-corrected chi connectivity index (χ0v) is 25.7. The molecule has 4 aromatic carbocycles. The lowest BCUT2D eigenvalue weighted by molar-refractivity contribution is 0.213. The Morgan fingerprint density at radius 3 is 1.56 bits per heavy atom. The van der Waals surface area contributed by atoms with E-state index in [4.69, 9.17) is 37.9 Å². The van der Waals surface area contributed by atoms with Crippen LogP contribution in [0.3, 0.4) is 0 Å². The Hall–Kier alpha value is -4.72. The van der Waals surface area contributed by atoms with Gasteiger partial charge in [0.2, 0.25) is 0 Å². The summed E-state index contributed by atoms with van der Waals surface area (Å²) >= 11 is 0. The van der Waals surface area contributed by atoms with Gasteiger partial charge in [0, 0.05) is 17.7 Å². The number of benzene rings is 4. The second kappa shape index (κ2) is 13.1. The number of methoxy groups -OCH3 is 7. The Labute approximate surface area is 253 Å². The summed E-state index contributed by atoms with van der Waals surface area (Å²) in [6.07, 6.45) is 1.18. The highest BCUT2D eigenvalue weighted by atomic mass is 16.5. The van der Waals surface area contributed by atoms with Crippen LogP contribution < -0.4 is 37.9 Å². The average molecular weight is 587 g/mol. The van der Waals surface area contributed by atoms with E-state index in [1.165, 1.54) is 0 Å². The van der Waals surface area contributed by atoms with Crippen molar-refractivity contribution in [1.82, 2.24) is 0 Å². The van der Waals surface area contributed by atoms with Crippen molar-refractivity contribution < 1.29 is 37.9 Å². The van der Waals surface area contributed by atoms with E-state index < -0.39 is 0 Å². The van der Waals surface area contributed by atoms with E-state index >= 15 is 0 Å². The van der Waals surface area contributed by atoms with Crippen LogP contribution in [-0.4, -0.2) is 49.8 Å². The predicted molar refractivity (Wildman–Crippen MR) is 164 cm³/mol. The molecule has 0 N–H and O–H groups in total. The molecular weight excluding hydrogens is 548 g/mol. The van der Waals surface area contributed by atoms with Gasteiger partial charge in [-0.3, -0.25) is 0 Å². The SMILES string of the molecule is COc1cc(CCc2cc(OC)c3c(c2)C(c2cc(OC)cc(OC)c2)C(c2ccc(OC)c(OC)c2)O3)cc(OC)c1. The van der Waals surface area contributed by atoms with Crippen molar-refractivity contribution in [2.75, 3.05) is 49.8 Å². The van der Waals surface area contributed by atoms with Crippen molar-refractivity contribution in [2.24, 2.45) is 0 Å². The van der Waals surface area contributed by atoms with Crippen LogP contribution in [0.5, 0.6) is 46.0 Å². The van der Waals surface area contributed by atoms with Gasteiger partial charge in [0.1, 0.15) is 29.1 Å². The molecule has 0 fully saturated rings. The zero-order valence-electron chi connectivity index (χ0n) is 25.7. The van der Waals surface area contributed by atoms with Gasteiger partial charge in [-0.25, -0.2) is 0 Å². The Morgan fingerprint density at radius 2 is 1.02 bits per heavy atom. The highest BCUT2D eigenvalue weighted by molar-refractivity contribution is 5.60. The molecular formula is C35H38O8. The van der Waals surface area contributed by atoms with E-state index in [0.717, 1.165) is 52.2 Å². The van der Waals surface area contributed by atoms with Crippen molar-refractivity contribution in [3.63, 3.8) is 0 Å². The van der Waals surface area contributed by atoms with Crippen LogP contribution in [0.25, 0.3) is 0 Å². The summed E-state index contributed by atoms with van der Waals surface area (Å²) in [6, 6.07) is 22.0. The third-order valence-corrected chi connectivity index (χ3v) is 7.83. The maximum absolute atomic E-state index is 6.74. The first-order chi connectivity index (χ1) is 20.9. The number of hydrogen-bond donors (Lipinski definition) is 0. The van der Waals surface area contributed by atoms with E-state index in [2.05, 4.69) is 12.1 Å². The summed E-state index contributed by atoms with van der Waals surface area (Å²) in [4.78, 5) is 0. The van der Waals surface area contributed by atoms with Gasteiger partial charge in [0.05, 0.1) is 55.7 Å². The normalized spacial score (nSPS) is 15.2. The zero-order chi connectivity index (χ0) is 30.5. The molecule has 1 heterocycles. The third-order valence-electron chi connectivity index (χ3n) is 7.83. The molecule has 0 radical (unpaired) electrons. The van der Waals surface area contributed by atoms with Crippen LogP contribution in [-0.2, 0) is 12.8 Å². The fourth-order valence-corrected chi connectivity index (χ4v) is 5.65. The number of ether oxygens (including phenoxy) is 8. The van der Waals surface area contributed by atoms with Gasteiger partial charge < -0.3 is 37.9 Å². The van der Waals surface area contributed by atoms with Gasteiger partial charge in [0.25, 0.3) is 0 Å². The first kappa shape index (κ1) is 29.8. The summed E-state index contributed by atoms with van der Waals surface area (Å²) in [6.45, 7) is 0. The van der Waals surface area contributed by atoms with Crippen molar-refractivity contribution in [1.29, 1.82) is 0 Å². The van der Waals surface area contributed by atoms with E-state index in [-0.39, 0.29) is 12.0 Å². The Bertz CT molecular complexity index is 1540. The third kappa shape index (κ3) is 6.09. The van der Waals surface area contributed by atoms with Crippen molar-refractivity contribution >= 4 is 0 Å². The minimum absolute atomic E-state index is 0.192. The molecule has 0 aromatic heterocycles. The molecule has 0 amide bonds. The molecule has 8 heteroatoms. The highest BCUT2D eigenvalue weighted by Crippen LogP contribution is 2.55. The van der Waals surface area contributed by atoms with Gasteiger partial charge in [-0.2, -0.15) is 0 Å². The van der Waals surface area contributed by atoms with E-state index in [1.807, 2.05) is 54.6 Å². The van der Waals surface area contributed by atoms with Crippen molar-refractivity contribution in [3.05, 3.63) is 94.5 Å². The minimum Gasteiger partial charge on any atom is -0.497 e. The average Bonchev–Trinajstić information content (AvgIpc) is 3.45. The lowest BCUT2D eigenvalue weighted by atomic mass is 9.84. The molecule has 0 saturated heterocycles. The maximum atomic E-state index is 6.74. The second-order valence-corrected chi connectivity index (χ2v) is 10.2. The van der Waals surface area contributed by atoms with Crippen LogP contribution in [0.4, 0.5) is 0 Å². The van der Waals surface area contributed by atoms with Crippen LogP contribution in [0.1, 0.15) is 39.8 Å². The fourth-order valence-electron chi connectivity index (χ4n) is 5.65. The molecule has 2 unspecified atom stereocenters. The Balaban J connectivity index is 1.60. The lowest BCUT2D eigenvalue weighted by Crippen LogP contribution is -2.12. The Kier molecular flexibility index (Phi) is 9.04. The molecule has 0 spiro atoms. The number of hydrogen-bond acceptors (Lipinski definition) is 8. The van der Waals surface area contributed by atoms with E-state index in [9.17, 15) is 0 Å². The highest BCUT2D eigenvalue weighted by Gasteiger charge is 2.40. The second-order valence-electron chi connectivity index (χ2n) is 10.2. The smallest absolute Gasteiger partial charge is 0.166 e. The summed E-state index contributed by atoms with van der Waals surface area (Å²) < 4.78 is 46.0. The van der Waals surface area contributed by atoms with Crippen LogP contribution in [0.2, 0.25) is 0 Å². The van der Waals surface area contributed by atoms with E-state index in [1.54, 1.807) is 49.8 Å². The van der Waals surface area contributed by atoms with Gasteiger partial charge in [-0.15, -0.1) is 0 Å². The fraction of sp³-hybridized carbons (Fsp3) is 0.314.